The Morgan fingerprint density at radius 2 is 1.93 bits per heavy atom. The third-order valence-electron chi connectivity index (χ3n) is 4.37. The van der Waals surface area contributed by atoms with Crippen LogP contribution in [0.25, 0.3) is 11.0 Å². The Morgan fingerprint density at radius 3 is 2.73 bits per heavy atom. The summed E-state index contributed by atoms with van der Waals surface area (Å²) in [6, 6.07) is 20.7. The van der Waals surface area contributed by atoms with Crippen LogP contribution in [0.5, 0.6) is 0 Å². The maximum atomic E-state index is 13.1. The molecule has 2 heterocycles. The third-order valence-corrected chi connectivity index (χ3v) is 5.59. The number of amides is 1. The van der Waals surface area contributed by atoms with E-state index in [4.69, 9.17) is 4.42 Å². The molecule has 0 spiro atoms. The van der Waals surface area contributed by atoms with Crippen molar-refractivity contribution in [2.45, 2.75) is 11.8 Å². The van der Waals surface area contributed by atoms with Gasteiger partial charge in [0, 0.05) is 20.4 Å². The molecule has 0 aliphatic rings. The van der Waals surface area contributed by atoms with Crippen molar-refractivity contribution in [1.29, 1.82) is 0 Å². The number of thioether (sulfide) groups is 1. The van der Waals surface area contributed by atoms with E-state index in [9.17, 15) is 4.79 Å². The second kappa shape index (κ2) is 8.85. The van der Waals surface area contributed by atoms with Crippen molar-refractivity contribution in [1.82, 2.24) is 4.98 Å². The van der Waals surface area contributed by atoms with E-state index in [-0.39, 0.29) is 11.5 Å². The first kappa shape index (κ1) is 20.4. The van der Waals surface area contributed by atoms with Gasteiger partial charge in [-0.2, -0.15) is 0 Å². The average molecular weight is 480 g/mol. The van der Waals surface area contributed by atoms with Crippen LogP contribution in [0, 0.1) is 6.92 Å². The van der Waals surface area contributed by atoms with Crippen LogP contribution in [0.3, 0.4) is 0 Å². The average Bonchev–Trinajstić information content (AvgIpc) is 2.73. The lowest BCUT2D eigenvalue weighted by Crippen LogP contribution is -2.22. The van der Waals surface area contributed by atoms with Crippen LogP contribution in [-0.4, -0.2) is 17.1 Å². The number of halogens is 1. The maximum Gasteiger partial charge on any atom is 0.262 e. The summed E-state index contributed by atoms with van der Waals surface area (Å²) >= 11 is 5.09. The first-order chi connectivity index (χ1) is 14.5. The quantitative estimate of drug-likeness (QED) is 0.358. The second-order valence-electron chi connectivity index (χ2n) is 6.58. The Hall–Kier alpha value is -2.90. The van der Waals surface area contributed by atoms with E-state index in [1.54, 1.807) is 23.9 Å². The van der Waals surface area contributed by atoms with Gasteiger partial charge in [0.2, 0.25) is 5.55 Å². The highest BCUT2D eigenvalue weighted by Gasteiger charge is 2.14. The van der Waals surface area contributed by atoms with Gasteiger partial charge >= 0.3 is 0 Å². The molecule has 4 aromatic rings. The summed E-state index contributed by atoms with van der Waals surface area (Å²) in [7, 11) is 0. The molecule has 0 atom stereocenters. The Bertz CT molecular complexity index is 1320. The molecule has 0 radical (unpaired) electrons. The number of pyridine rings is 1. The molecule has 2 aromatic heterocycles. The van der Waals surface area contributed by atoms with E-state index in [1.807, 2.05) is 67.8 Å². The van der Waals surface area contributed by atoms with Crippen LogP contribution in [0.4, 0.5) is 11.5 Å². The van der Waals surface area contributed by atoms with E-state index in [1.165, 1.54) is 0 Å². The number of benzene rings is 2. The third kappa shape index (κ3) is 4.63. The summed E-state index contributed by atoms with van der Waals surface area (Å²) in [5.41, 5.74) is 2.75. The second-order valence-corrected chi connectivity index (χ2v) is 8.37. The van der Waals surface area contributed by atoms with Crippen LogP contribution in [0.2, 0.25) is 0 Å². The molecule has 0 saturated carbocycles. The lowest BCUT2D eigenvalue weighted by atomic mass is 10.1. The topological polar surface area (TPSA) is 67.5 Å². The number of nitrogens with one attached hydrogen (secondary N) is 1. The molecule has 0 bridgehead atoms. The molecule has 1 N–H and O–H groups in total. The van der Waals surface area contributed by atoms with Gasteiger partial charge in [-0.25, -0.2) is 9.98 Å². The Kier molecular flexibility index (Phi) is 6.01. The van der Waals surface area contributed by atoms with Gasteiger partial charge < -0.3 is 9.73 Å². The molecule has 0 fully saturated rings. The van der Waals surface area contributed by atoms with Gasteiger partial charge in [0.25, 0.3) is 5.91 Å². The highest BCUT2D eigenvalue weighted by atomic mass is 79.9. The van der Waals surface area contributed by atoms with Gasteiger partial charge in [0.15, 0.2) is 0 Å². The molecule has 0 aliphatic carbocycles. The molecule has 150 valence electrons. The lowest BCUT2D eigenvalue weighted by Gasteiger charge is -2.07. The normalized spacial score (nSPS) is 11.6. The molecule has 30 heavy (non-hydrogen) atoms. The number of carbonyl (C=O) groups excluding carboxylic acids is 1. The predicted molar refractivity (Wildman–Crippen MR) is 124 cm³/mol. The lowest BCUT2D eigenvalue weighted by molar-refractivity contribution is 0.102. The van der Waals surface area contributed by atoms with Crippen molar-refractivity contribution in [3.8, 4) is 0 Å². The van der Waals surface area contributed by atoms with Crippen LogP contribution in [0.1, 0.15) is 16.1 Å². The SMILES string of the molecule is CSc1cccc(N=c2oc3ccc(Br)cc3cc2C(=O)Nc2cccc(C)n2)c1. The summed E-state index contributed by atoms with van der Waals surface area (Å²) in [6.07, 6.45) is 2.01. The van der Waals surface area contributed by atoms with Crippen LogP contribution < -0.4 is 10.9 Å². The standard InChI is InChI=1S/C23H18BrN3O2S/c1-14-5-3-8-21(25-14)27-22(28)19-12-15-11-16(24)9-10-20(15)29-23(19)26-17-6-4-7-18(13-17)30-2/h3-13H,1-2H3,(H,25,27,28). The number of nitrogens with zero attached hydrogens (tertiary/aromatic N) is 2. The zero-order valence-electron chi connectivity index (χ0n) is 16.3. The summed E-state index contributed by atoms with van der Waals surface area (Å²) in [5.74, 6) is 0.142. The molecule has 4 rings (SSSR count). The van der Waals surface area contributed by atoms with Gasteiger partial charge in [-0.1, -0.05) is 28.1 Å². The number of aryl methyl sites for hydroxylation is 1. The summed E-state index contributed by atoms with van der Waals surface area (Å²) in [6.45, 7) is 1.87. The van der Waals surface area contributed by atoms with Crippen LogP contribution in [0.15, 0.2) is 85.5 Å². The first-order valence-electron chi connectivity index (χ1n) is 9.19. The predicted octanol–water partition coefficient (Wildman–Crippen LogP) is 6.11. The number of rotatable bonds is 4. The monoisotopic (exact) mass is 479 g/mol. The Balaban J connectivity index is 1.85. The highest BCUT2D eigenvalue weighted by molar-refractivity contribution is 9.10. The fourth-order valence-corrected chi connectivity index (χ4v) is 3.77. The molecule has 0 unspecified atom stereocenters. The zero-order chi connectivity index (χ0) is 21.1. The van der Waals surface area contributed by atoms with E-state index in [0.29, 0.717) is 22.7 Å². The van der Waals surface area contributed by atoms with E-state index >= 15 is 0 Å². The van der Waals surface area contributed by atoms with Crippen molar-refractivity contribution in [2.75, 3.05) is 11.6 Å². The molecule has 5 nitrogen and oxygen atoms in total. The molecular formula is C23H18BrN3O2S. The maximum absolute atomic E-state index is 13.1. The molecule has 0 aliphatic heterocycles. The summed E-state index contributed by atoms with van der Waals surface area (Å²) < 4.78 is 6.93. The number of hydrogen-bond donors (Lipinski definition) is 1. The van der Waals surface area contributed by atoms with Gasteiger partial charge in [-0.3, -0.25) is 4.79 Å². The molecule has 1 amide bonds. The minimum atomic E-state index is -0.335. The highest BCUT2D eigenvalue weighted by Crippen LogP contribution is 2.23. The zero-order valence-corrected chi connectivity index (χ0v) is 18.8. The summed E-state index contributed by atoms with van der Waals surface area (Å²) in [5, 5.41) is 3.64. The van der Waals surface area contributed by atoms with Crippen molar-refractivity contribution in [2.24, 2.45) is 4.99 Å². The number of carbonyl (C=O) groups is 1. The smallest absolute Gasteiger partial charge is 0.262 e. The summed E-state index contributed by atoms with van der Waals surface area (Å²) in [4.78, 5) is 23.2. The van der Waals surface area contributed by atoms with E-state index < -0.39 is 0 Å². The molecular weight excluding hydrogens is 462 g/mol. The van der Waals surface area contributed by atoms with Crippen molar-refractivity contribution < 1.29 is 9.21 Å². The molecule has 2 aromatic carbocycles. The number of anilines is 1. The number of aromatic nitrogens is 1. The van der Waals surface area contributed by atoms with Crippen molar-refractivity contribution in [3.63, 3.8) is 0 Å². The Morgan fingerprint density at radius 1 is 1.10 bits per heavy atom. The van der Waals surface area contributed by atoms with Crippen molar-refractivity contribution in [3.05, 3.63) is 88.0 Å². The van der Waals surface area contributed by atoms with Crippen LogP contribution >= 0.6 is 27.7 Å². The van der Waals surface area contributed by atoms with Crippen LogP contribution in [-0.2, 0) is 0 Å². The minimum Gasteiger partial charge on any atom is -0.438 e. The fourth-order valence-electron chi connectivity index (χ4n) is 2.94. The number of fused-ring (bicyclic) bond motifs is 1. The van der Waals surface area contributed by atoms with E-state index in [0.717, 1.165) is 20.4 Å². The van der Waals surface area contributed by atoms with Crippen molar-refractivity contribution >= 4 is 56.1 Å². The van der Waals surface area contributed by atoms with Gasteiger partial charge in [0.05, 0.1) is 5.69 Å². The first-order valence-corrected chi connectivity index (χ1v) is 11.2. The fraction of sp³-hybridized carbons (Fsp3) is 0.0870. The van der Waals surface area contributed by atoms with Gasteiger partial charge in [-0.15, -0.1) is 11.8 Å². The molecule has 7 heteroatoms. The van der Waals surface area contributed by atoms with E-state index in [2.05, 4.69) is 31.2 Å². The number of hydrogen-bond acceptors (Lipinski definition) is 5. The van der Waals surface area contributed by atoms with Gasteiger partial charge in [0.1, 0.15) is 17.0 Å². The molecule has 0 saturated heterocycles. The largest absolute Gasteiger partial charge is 0.438 e. The Labute approximate surface area is 186 Å². The minimum absolute atomic E-state index is 0.244. The van der Waals surface area contributed by atoms with Gasteiger partial charge in [-0.05, 0) is 67.8 Å².